The van der Waals surface area contributed by atoms with E-state index in [0.717, 1.165) is 5.56 Å². The van der Waals surface area contributed by atoms with Gasteiger partial charge in [0.1, 0.15) is 16.5 Å². The average molecular weight is 424 g/mol. The Morgan fingerprint density at radius 1 is 1.41 bits per heavy atom. The third-order valence-electron chi connectivity index (χ3n) is 3.88. The number of nitrogens with zero attached hydrogens (tertiary/aromatic N) is 2. The fraction of sp³-hybridized carbons (Fsp3) is 0.375. The molecule has 0 saturated carbocycles. The van der Waals surface area contributed by atoms with E-state index in [9.17, 15) is 22.6 Å². The van der Waals surface area contributed by atoms with Crippen molar-refractivity contribution in [2.75, 3.05) is 12.4 Å². The van der Waals surface area contributed by atoms with Gasteiger partial charge in [0.25, 0.3) is 0 Å². The standard InChI is InChI=1S/C16H18ClF3N3O3P/c1-3-10(27(24)25)6-9-4-5-12(13(7-9)26-2)22-15-21-8-11(14(17)23-15)16(18,19)20/h4-5,7-8,10,27H,3,6H2,1-2H3,(H,24,25)(H,21,22,23). The van der Waals surface area contributed by atoms with E-state index >= 15 is 0 Å². The Labute approximate surface area is 159 Å². The molecule has 0 radical (unpaired) electrons. The first-order valence-electron chi connectivity index (χ1n) is 7.92. The number of hydrogen-bond acceptors (Lipinski definition) is 5. The first kappa shape index (κ1) is 21.5. The fourth-order valence-electron chi connectivity index (χ4n) is 2.39. The van der Waals surface area contributed by atoms with Gasteiger partial charge in [0, 0.05) is 11.9 Å². The first-order valence-corrected chi connectivity index (χ1v) is 9.73. The minimum Gasteiger partial charge on any atom is -0.495 e. The van der Waals surface area contributed by atoms with E-state index in [1.54, 1.807) is 18.2 Å². The van der Waals surface area contributed by atoms with Crippen molar-refractivity contribution in [1.82, 2.24) is 9.97 Å². The summed E-state index contributed by atoms with van der Waals surface area (Å²) in [5, 5.41) is 2.04. The maximum atomic E-state index is 12.7. The summed E-state index contributed by atoms with van der Waals surface area (Å²) in [5.41, 5.74) is -0.248. The van der Waals surface area contributed by atoms with Gasteiger partial charge in [-0.3, -0.25) is 4.57 Å². The Bertz CT molecular complexity index is 836. The molecular weight excluding hydrogens is 406 g/mol. The third kappa shape index (κ3) is 5.57. The van der Waals surface area contributed by atoms with E-state index in [4.69, 9.17) is 16.3 Å². The Morgan fingerprint density at radius 2 is 2.11 bits per heavy atom. The lowest BCUT2D eigenvalue weighted by molar-refractivity contribution is -0.137. The summed E-state index contributed by atoms with van der Waals surface area (Å²) in [5.74, 6) is 0.269. The van der Waals surface area contributed by atoms with E-state index in [1.165, 1.54) is 7.11 Å². The number of alkyl halides is 3. The molecule has 1 aromatic carbocycles. The number of ether oxygens (including phenoxy) is 1. The third-order valence-corrected chi connectivity index (χ3v) is 5.48. The lowest BCUT2D eigenvalue weighted by atomic mass is 10.1. The molecule has 1 aromatic heterocycles. The van der Waals surface area contributed by atoms with Gasteiger partial charge in [0.2, 0.25) is 5.95 Å². The molecule has 0 aliphatic heterocycles. The summed E-state index contributed by atoms with van der Waals surface area (Å²) in [6.45, 7) is 1.84. The minimum absolute atomic E-state index is 0.120. The maximum Gasteiger partial charge on any atom is 0.420 e. The van der Waals surface area contributed by atoms with E-state index in [2.05, 4.69) is 15.3 Å². The highest BCUT2D eigenvalue weighted by Gasteiger charge is 2.34. The van der Waals surface area contributed by atoms with Gasteiger partial charge in [-0.2, -0.15) is 13.2 Å². The summed E-state index contributed by atoms with van der Waals surface area (Å²) in [6.07, 6.45) is -3.07. The van der Waals surface area contributed by atoms with Crippen molar-refractivity contribution in [2.24, 2.45) is 0 Å². The van der Waals surface area contributed by atoms with Gasteiger partial charge < -0.3 is 14.9 Å². The van der Waals surface area contributed by atoms with Crippen LogP contribution in [-0.2, 0) is 17.2 Å². The predicted octanol–water partition coefficient (Wildman–Crippen LogP) is 4.69. The molecule has 6 nitrogen and oxygen atoms in total. The number of benzene rings is 1. The minimum atomic E-state index is -4.64. The van der Waals surface area contributed by atoms with Crippen molar-refractivity contribution in [3.05, 3.63) is 40.7 Å². The topological polar surface area (TPSA) is 84.3 Å². The van der Waals surface area contributed by atoms with Gasteiger partial charge in [-0.05, 0) is 30.5 Å². The summed E-state index contributed by atoms with van der Waals surface area (Å²) in [6, 6.07) is 5.04. The largest absolute Gasteiger partial charge is 0.495 e. The van der Waals surface area contributed by atoms with E-state index in [-0.39, 0.29) is 11.6 Å². The van der Waals surface area contributed by atoms with E-state index in [1.807, 2.05) is 6.92 Å². The summed E-state index contributed by atoms with van der Waals surface area (Å²) < 4.78 is 54.8. The second-order valence-corrected chi connectivity index (χ2v) is 7.55. The van der Waals surface area contributed by atoms with E-state index < -0.39 is 24.9 Å². The Kier molecular flexibility index (Phi) is 7.08. The molecule has 0 bridgehead atoms. The molecule has 2 rings (SSSR count). The lowest BCUT2D eigenvalue weighted by Crippen LogP contribution is -2.09. The second-order valence-electron chi connectivity index (χ2n) is 5.70. The van der Waals surface area contributed by atoms with Gasteiger partial charge in [0.05, 0.1) is 12.8 Å². The lowest BCUT2D eigenvalue weighted by Gasteiger charge is -2.15. The first-order chi connectivity index (χ1) is 12.7. The molecule has 2 unspecified atom stereocenters. The highest BCUT2D eigenvalue weighted by atomic mass is 35.5. The molecule has 0 aliphatic rings. The molecule has 2 N–H and O–H groups in total. The van der Waals surface area contributed by atoms with Crippen LogP contribution in [-0.4, -0.2) is 27.6 Å². The molecule has 27 heavy (non-hydrogen) atoms. The number of rotatable bonds is 7. The van der Waals surface area contributed by atoms with Gasteiger partial charge in [-0.15, -0.1) is 0 Å². The number of hydrogen-bond donors (Lipinski definition) is 2. The molecule has 2 atom stereocenters. The van der Waals surface area contributed by atoms with Crippen LogP contribution in [0.4, 0.5) is 24.8 Å². The molecule has 11 heteroatoms. The van der Waals surface area contributed by atoms with Crippen molar-refractivity contribution in [3.63, 3.8) is 0 Å². The number of aromatic nitrogens is 2. The number of methoxy groups -OCH3 is 1. The van der Waals surface area contributed by atoms with Crippen LogP contribution in [0.1, 0.15) is 24.5 Å². The Hall–Kier alpha value is -1.83. The highest BCUT2D eigenvalue weighted by Crippen LogP contribution is 2.35. The van der Waals surface area contributed by atoms with Crippen LogP contribution in [0.25, 0.3) is 0 Å². The van der Waals surface area contributed by atoms with Crippen LogP contribution >= 0.6 is 19.6 Å². The Morgan fingerprint density at radius 3 is 2.63 bits per heavy atom. The zero-order valence-electron chi connectivity index (χ0n) is 14.5. The van der Waals surface area contributed by atoms with Gasteiger partial charge in [-0.25, -0.2) is 9.97 Å². The monoisotopic (exact) mass is 423 g/mol. The fourth-order valence-corrected chi connectivity index (χ4v) is 3.38. The van der Waals surface area contributed by atoms with Crippen LogP contribution < -0.4 is 10.1 Å². The van der Waals surface area contributed by atoms with Crippen LogP contribution in [0.3, 0.4) is 0 Å². The van der Waals surface area contributed by atoms with Crippen molar-refractivity contribution in [1.29, 1.82) is 0 Å². The predicted molar refractivity (Wildman–Crippen MR) is 97.3 cm³/mol. The normalized spacial score (nSPS) is 13.9. The van der Waals surface area contributed by atoms with Crippen LogP contribution in [0.5, 0.6) is 5.75 Å². The Balaban J connectivity index is 2.24. The molecule has 0 spiro atoms. The number of anilines is 2. The van der Waals surface area contributed by atoms with Gasteiger partial charge in [-0.1, -0.05) is 24.6 Å². The van der Waals surface area contributed by atoms with E-state index in [0.29, 0.717) is 30.5 Å². The van der Waals surface area contributed by atoms with Crippen molar-refractivity contribution >= 4 is 31.3 Å². The van der Waals surface area contributed by atoms with Crippen molar-refractivity contribution < 1.29 is 27.4 Å². The quantitative estimate of drug-likeness (QED) is 0.496. The summed E-state index contributed by atoms with van der Waals surface area (Å²) >= 11 is 5.59. The maximum absolute atomic E-state index is 12.7. The molecule has 0 fully saturated rings. The molecule has 0 amide bonds. The van der Waals surface area contributed by atoms with Crippen LogP contribution in [0, 0.1) is 0 Å². The van der Waals surface area contributed by atoms with Crippen molar-refractivity contribution in [3.8, 4) is 5.75 Å². The number of halogens is 4. The highest BCUT2D eigenvalue weighted by molar-refractivity contribution is 7.38. The smallest absolute Gasteiger partial charge is 0.420 e. The summed E-state index contributed by atoms with van der Waals surface area (Å²) in [4.78, 5) is 16.6. The molecule has 1 heterocycles. The zero-order chi connectivity index (χ0) is 20.2. The van der Waals surface area contributed by atoms with Gasteiger partial charge >= 0.3 is 6.18 Å². The molecule has 0 saturated heterocycles. The van der Waals surface area contributed by atoms with Crippen molar-refractivity contribution in [2.45, 2.75) is 31.6 Å². The zero-order valence-corrected chi connectivity index (χ0v) is 16.2. The van der Waals surface area contributed by atoms with Crippen LogP contribution in [0.2, 0.25) is 5.15 Å². The summed E-state index contributed by atoms with van der Waals surface area (Å²) in [7, 11) is -1.22. The molecule has 2 aromatic rings. The average Bonchev–Trinajstić information content (AvgIpc) is 2.59. The van der Waals surface area contributed by atoms with Crippen LogP contribution in [0.15, 0.2) is 24.4 Å². The molecule has 0 aliphatic carbocycles. The second kappa shape index (κ2) is 8.91. The van der Waals surface area contributed by atoms with Gasteiger partial charge in [0.15, 0.2) is 8.03 Å². The molecule has 148 valence electrons. The number of nitrogens with one attached hydrogen (secondary N) is 1. The molecular formula is C16H18ClF3N3O3P. The SMILES string of the molecule is CCC(Cc1ccc(Nc2ncc(C(F)(F)F)c(Cl)n2)c(OC)c1)[PH](=O)O.